The molecule has 0 aliphatic heterocycles. The van der Waals surface area contributed by atoms with Crippen LogP contribution in [0.1, 0.15) is 41.6 Å². The van der Waals surface area contributed by atoms with Crippen LogP contribution in [0.3, 0.4) is 0 Å². The van der Waals surface area contributed by atoms with Crippen LogP contribution in [-0.2, 0) is 4.74 Å². The van der Waals surface area contributed by atoms with E-state index in [1.54, 1.807) is 45.0 Å². The minimum atomic E-state index is -0.652. The highest BCUT2D eigenvalue weighted by Crippen LogP contribution is 2.28. The third-order valence-electron chi connectivity index (χ3n) is 3.97. The minimum Gasteiger partial charge on any atom is -0.456 e. The maximum absolute atomic E-state index is 12.8. The second-order valence-electron chi connectivity index (χ2n) is 7.42. The van der Waals surface area contributed by atoms with Gasteiger partial charge in [0.25, 0.3) is 5.91 Å². The third kappa shape index (κ3) is 5.29. The molecule has 0 bridgehead atoms. The first-order valence-corrected chi connectivity index (χ1v) is 9.88. The largest absolute Gasteiger partial charge is 0.456 e. The zero-order valence-corrected chi connectivity index (χ0v) is 18.0. The number of anilines is 1. The molecule has 0 saturated carbocycles. The SMILES string of the molecule is CC(C)(C)OC(=O)c1ccc(-c2ccccc2)cc1NC(=O)c1ncccc1Br. The monoisotopic (exact) mass is 452 g/mol. The molecule has 1 amide bonds. The highest BCUT2D eigenvalue weighted by atomic mass is 79.9. The second-order valence-corrected chi connectivity index (χ2v) is 8.27. The summed E-state index contributed by atoms with van der Waals surface area (Å²) in [5.74, 6) is -0.931. The minimum absolute atomic E-state index is 0.229. The van der Waals surface area contributed by atoms with Crippen molar-refractivity contribution in [2.75, 3.05) is 5.32 Å². The lowest BCUT2D eigenvalue weighted by Crippen LogP contribution is -2.25. The molecule has 1 heterocycles. The molecule has 148 valence electrons. The molecule has 0 spiro atoms. The van der Waals surface area contributed by atoms with Crippen molar-refractivity contribution in [3.8, 4) is 11.1 Å². The summed E-state index contributed by atoms with van der Waals surface area (Å²) in [4.78, 5) is 29.6. The van der Waals surface area contributed by atoms with E-state index in [1.165, 1.54) is 6.20 Å². The van der Waals surface area contributed by atoms with E-state index in [4.69, 9.17) is 4.74 Å². The Bertz CT molecular complexity index is 1040. The molecule has 0 radical (unpaired) electrons. The molecule has 0 atom stereocenters. The summed E-state index contributed by atoms with van der Waals surface area (Å²) >= 11 is 3.33. The Morgan fingerprint density at radius 1 is 0.966 bits per heavy atom. The summed E-state index contributed by atoms with van der Waals surface area (Å²) in [6.07, 6.45) is 1.54. The van der Waals surface area contributed by atoms with E-state index < -0.39 is 17.5 Å². The molecule has 1 aromatic heterocycles. The molecule has 6 heteroatoms. The summed E-state index contributed by atoms with van der Waals surface area (Å²) in [7, 11) is 0. The Balaban J connectivity index is 2.01. The van der Waals surface area contributed by atoms with Gasteiger partial charge in [0, 0.05) is 10.7 Å². The van der Waals surface area contributed by atoms with Crippen LogP contribution in [0.15, 0.2) is 71.3 Å². The fourth-order valence-corrected chi connectivity index (χ4v) is 3.14. The molecule has 0 saturated heterocycles. The van der Waals surface area contributed by atoms with Gasteiger partial charge in [-0.3, -0.25) is 4.79 Å². The number of hydrogen-bond acceptors (Lipinski definition) is 4. The number of hydrogen-bond donors (Lipinski definition) is 1. The van der Waals surface area contributed by atoms with Crippen molar-refractivity contribution < 1.29 is 14.3 Å². The first-order valence-electron chi connectivity index (χ1n) is 9.09. The Hall–Kier alpha value is -2.99. The van der Waals surface area contributed by atoms with E-state index in [0.29, 0.717) is 10.2 Å². The van der Waals surface area contributed by atoms with Gasteiger partial charge in [0.2, 0.25) is 0 Å². The van der Waals surface area contributed by atoms with Crippen molar-refractivity contribution in [1.82, 2.24) is 4.98 Å². The van der Waals surface area contributed by atoms with Gasteiger partial charge in [0.1, 0.15) is 11.3 Å². The number of nitrogens with zero attached hydrogens (tertiary/aromatic N) is 1. The fourth-order valence-electron chi connectivity index (χ4n) is 2.70. The van der Waals surface area contributed by atoms with Gasteiger partial charge >= 0.3 is 5.97 Å². The number of carbonyl (C=O) groups is 2. The van der Waals surface area contributed by atoms with Crippen LogP contribution < -0.4 is 5.32 Å². The number of rotatable bonds is 4. The lowest BCUT2D eigenvalue weighted by Gasteiger charge is -2.21. The molecule has 0 aliphatic rings. The Kier molecular flexibility index (Phi) is 6.13. The number of halogens is 1. The molecule has 29 heavy (non-hydrogen) atoms. The first-order chi connectivity index (χ1) is 13.7. The van der Waals surface area contributed by atoms with Crippen LogP contribution >= 0.6 is 15.9 Å². The zero-order chi connectivity index (χ0) is 21.0. The number of carbonyl (C=O) groups excluding carboxylic acids is 2. The van der Waals surface area contributed by atoms with Gasteiger partial charge in [0.15, 0.2) is 0 Å². The van der Waals surface area contributed by atoms with Crippen molar-refractivity contribution in [2.24, 2.45) is 0 Å². The molecule has 1 N–H and O–H groups in total. The van der Waals surface area contributed by atoms with Crippen LogP contribution in [0.2, 0.25) is 0 Å². The average molecular weight is 453 g/mol. The van der Waals surface area contributed by atoms with Gasteiger partial charge in [-0.25, -0.2) is 9.78 Å². The van der Waals surface area contributed by atoms with E-state index in [-0.39, 0.29) is 11.3 Å². The third-order valence-corrected chi connectivity index (χ3v) is 4.61. The lowest BCUT2D eigenvalue weighted by atomic mass is 10.0. The predicted octanol–water partition coefficient (Wildman–Crippen LogP) is 5.72. The normalized spacial score (nSPS) is 11.0. The van der Waals surface area contributed by atoms with Gasteiger partial charge in [-0.05, 0) is 72.1 Å². The first kappa shape index (κ1) is 20.7. The maximum Gasteiger partial charge on any atom is 0.340 e. The summed E-state index contributed by atoms with van der Waals surface area (Å²) < 4.78 is 6.07. The lowest BCUT2D eigenvalue weighted by molar-refractivity contribution is 0.00708. The summed E-state index contributed by atoms with van der Waals surface area (Å²) in [5, 5.41) is 2.81. The summed E-state index contributed by atoms with van der Waals surface area (Å²) in [5.41, 5.74) is 2.06. The Labute approximate surface area is 178 Å². The zero-order valence-electron chi connectivity index (χ0n) is 16.4. The summed E-state index contributed by atoms with van der Waals surface area (Å²) in [6, 6.07) is 18.4. The Morgan fingerprint density at radius 3 is 2.34 bits per heavy atom. The van der Waals surface area contributed by atoms with Crippen LogP contribution in [0, 0.1) is 0 Å². The number of pyridine rings is 1. The number of amides is 1. The number of nitrogens with one attached hydrogen (secondary N) is 1. The van der Waals surface area contributed by atoms with E-state index in [0.717, 1.165) is 11.1 Å². The smallest absolute Gasteiger partial charge is 0.340 e. The molecule has 0 unspecified atom stereocenters. The van der Waals surface area contributed by atoms with Crippen molar-refractivity contribution in [3.05, 3.63) is 82.6 Å². The van der Waals surface area contributed by atoms with Gasteiger partial charge in [-0.15, -0.1) is 0 Å². The van der Waals surface area contributed by atoms with Crippen LogP contribution in [0.25, 0.3) is 11.1 Å². The average Bonchev–Trinajstić information content (AvgIpc) is 2.67. The second kappa shape index (κ2) is 8.57. The fraction of sp³-hybridized carbons (Fsp3) is 0.174. The molecule has 5 nitrogen and oxygen atoms in total. The highest BCUT2D eigenvalue weighted by molar-refractivity contribution is 9.10. The Morgan fingerprint density at radius 2 is 1.69 bits per heavy atom. The van der Waals surface area contributed by atoms with Crippen molar-refractivity contribution >= 4 is 33.5 Å². The van der Waals surface area contributed by atoms with E-state index in [1.807, 2.05) is 36.4 Å². The van der Waals surface area contributed by atoms with Gasteiger partial charge in [-0.2, -0.15) is 0 Å². The summed E-state index contributed by atoms with van der Waals surface area (Å²) in [6.45, 7) is 5.39. The van der Waals surface area contributed by atoms with E-state index in [2.05, 4.69) is 26.2 Å². The van der Waals surface area contributed by atoms with Crippen molar-refractivity contribution in [3.63, 3.8) is 0 Å². The number of benzene rings is 2. The van der Waals surface area contributed by atoms with Crippen molar-refractivity contribution in [2.45, 2.75) is 26.4 Å². The molecule has 3 rings (SSSR count). The molecule has 2 aromatic carbocycles. The van der Waals surface area contributed by atoms with Crippen molar-refractivity contribution in [1.29, 1.82) is 0 Å². The maximum atomic E-state index is 12.8. The molecule has 0 fully saturated rings. The molecule has 0 aliphatic carbocycles. The van der Waals surface area contributed by atoms with Crippen LogP contribution in [0.5, 0.6) is 0 Å². The van der Waals surface area contributed by atoms with E-state index in [9.17, 15) is 9.59 Å². The number of ether oxygens (including phenoxy) is 1. The van der Waals surface area contributed by atoms with Gasteiger partial charge in [-0.1, -0.05) is 36.4 Å². The van der Waals surface area contributed by atoms with Crippen LogP contribution in [-0.4, -0.2) is 22.5 Å². The molecule has 3 aromatic rings. The van der Waals surface area contributed by atoms with Gasteiger partial charge in [0.05, 0.1) is 11.3 Å². The van der Waals surface area contributed by atoms with Crippen LogP contribution in [0.4, 0.5) is 5.69 Å². The topological polar surface area (TPSA) is 68.3 Å². The molecular formula is C23H21BrN2O3. The quantitative estimate of drug-likeness (QED) is 0.514. The number of esters is 1. The number of aromatic nitrogens is 1. The van der Waals surface area contributed by atoms with E-state index >= 15 is 0 Å². The van der Waals surface area contributed by atoms with Gasteiger partial charge < -0.3 is 10.1 Å². The molecular weight excluding hydrogens is 432 g/mol. The highest BCUT2D eigenvalue weighted by Gasteiger charge is 2.22. The predicted molar refractivity (Wildman–Crippen MR) is 117 cm³/mol. The standard InChI is InChI=1S/C23H21BrN2O3/c1-23(2,3)29-22(28)17-12-11-16(15-8-5-4-6-9-15)14-19(17)26-21(27)20-18(24)10-7-13-25-20/h4-14H,1-3H3,(H,26,27).